The van der Waals surface area contributed by atoms with Gasteiger partial charge in [0.25, 0.3) is 11.8 Å². The molecule has 6 heteroatoms. The summed E-state index contributed by atoms with van der Waals surface area (Å²) in [5.74, 6) is -0.644. The fourth-order valence-electron chi connectivity index (χ4n) is 3.68. The Balaban J connectivity index is 1.77. The minimum atomic E-state index is -0.311. The zero-order chi connectivity index (χ0) is 23.9. The normalized spacial score (nSPS) is 14.5. The Labute approximate surface area is 197 Å². The third-order valence-electron chi connectivity index (χ3n) is 6.77. The van der Waals surface area contributed by atoms with E-state index in [0.717, 1.165) is 43.4 Å². The lowest BCUT2D eigenvalue weighted by molar-refractivity contribution is -0.137. The van der Waals surface area contributed by atoms with E-state index in [-0.39, 0.29) is 35.1 Å². The molecule has 1 aliphatic heterocycles. The first-order valence-electron chi connectivity index (χ1n) is 12.0. The molecule has 32 heavy (non-hydrogen) atoms. The highest BCUT2D eigenvalue weighted by atomic mass is 32.1. The molecule has 1 aliphatic rings. The molecule has 2 heterocycles. The van der Waals surface area contributed by atoms with Crippen LogP contribution in [0.3, 0.4) is 0 Å². The van der Waals surface area contributed by atoms with E-state index in [1.165, 1.54) is 27.5 Å². The van der Waals surface area contributed by atoms with Gasteiger partial charge in [0.15, 0.2) is 0 Å². The average Bonchev–Trinajstić information content (AvgIpc) is 3.33. The molecule has 0 bridgehead atoms. The van der Waals surface area contributed by atoms with Crippen molar-refractivity contribution >= 4 is 29.1 Å². The van der Waals surface area contributed by atoms with Gasteiger partial charge in [-0.2, -0.15) is 0 Å². The van der Waals surface area contributed by atoms with E-state index < -0.39 is 0 Å². The molecule has 178 valence electrons. The lowest BCUT2D eigenvalue weighted by Gasteiger charge is -2.24. The van der Waals surface area contributed by atoms with Crippen molar-refractivity contribution in [3.8, 4) is 0 Å². The molecule has 2 rings (SSSR count). The van der Waals surface area contributed by atoms with E-state index in [1.54, 1.807) is 0 Å². The quantitative estimate of drug-likeness (QED) is 0.322. The van der Waals surface area contributed by atoms with Crippen LogP contribution in [-0.2, 0) is 31.6 Å². The highest BCUT2D eigenvalue weighted by Crippen LogP contribution is 2.42. The molecule has 0 spiro atoms. The molecule has 0 atom stereocenters. The molecule has 1 N–H and O–H groups in total. The summed E-state index contributed by atoms with van der Waals surface area (Å²) in [5, 5.41) is 2.81. The van der Waals surface area contributed by atoms with Gasteiger partial charge in [0, 0.05) is 41.4 Å². The van der Waals surface area contributed by atoms with Crippen LogP contribution >= 0.6 is 11.3 Å². The van der Waals surface area contributed by atoms with Crippen LogP contribution in [0.1, 0.15) is 95.4 Å². The summed E-state index contributed by atoms with van der Waals surface area (Å²) in [5.41, 5.74) is 1.88. The summed E-state index contributed by atoms with van der Waals surface area (Å²) < 4.78 is 0. The molecule has 0 radical (unpaired) electrons. The van der Waals surface area contributed by atoms with Gasteiger partial charge in [-0.3, -0.25) is 19.3 Å². The van der Waals surface area contributed by atoms with Crippen LogP contribution in [-0.4, -0.2) is 35.7 Å². The lowest BCUT2D eigenvalue weighted by Crippen LogP contribution is -2.38. The summed E-state index contributed by atoms with van der Waals surface area (Å²) in [7, 11) is 0. The second kappa shape index (κ2) is 11.3. The van der Waals surface area contributed by atoms with Crippen molar-refractivity contribution in [1.82, 2.24) is 10.2 Å². The van der Waals surface area contributed by atoms with E-state index in [2.05, 4.69) is 52.9 Å². The molecule has 0 fully saturated rings. The second-order valence-electron chi connectivity index (χ2n) is 10.0. The van der Waals surface area contributed by atoms with Gasteiger partial charge in [0.05, 0.1) is 0 Å². The summed E-state index contributed by atoms with van der Waals surface area (Å²) in [6.45, 7) is 14.4. The molecular formula is C26H40N2O3S. The van der Waals surface area contributed by atoms with Crippen molar-refractivity contribution in [2.75, 3.05) is 13.1 Å². The highest BCUT2D eigenvalue weighted by Gasteiger charge is 2.29. The van der Waals surface area contributed by atoms with E-state index in [9.17, 15) is 14.4 Å². The second-order valence-corrected chi connectivity index (χ2v) is 11.1. The summed E-state index contributed by atoms with van der Waals surface area (Å²) >= 11 is 1.99. The summed E-state index contributed by atoms with van der Waals surface area (Å²) in [4.78, 5) is 39.2. The minimum Gasteiger partial charge on any atom is -0.354 e. The number of carbonyl (C=O) groups is 3. The van der Waals surface area contributed by atoms with Gasteiger partial charge in [-0.05, 0) is 54.6 Å². The lowest BCUT2D eigenvalue weighted by atomic mass is 9.84. The zero-order valence-electron chi connectivity index (χ0n) is 20.7. The van der Waals surface area contributed by atoms with E-state index in [0.29, 0.717) is 13.0 Å². The van der Waals surface area contributed by atoms with Gasteiger partial charge < -0.3 is 5.32 Å². The largest absolute Gasteiger partial charge is 0.354 e. The fraction of sp³-hybridized carbons (Fsp3) is 0.654. The van der Waals surface area contributed by atoms with Crippen molar-refractivity contribution < 1.29 is 14.4 Å². The number of nitrogens with one attached hydrogen (secondary N) is 1. The number of unbranched alkanes of at least 4 members (excludes halogenated alkanes) is 2. The molecule has 0 saturated heterocycles. The SMILES string of the molecule is CCC(C)(C)c1cc(CCCCCC(=O)NCCN2C(=O)C=CC2=O)c(C(C)(C)CC)s1. The molecule has 0 saturated carbocycles. The predicted octanol–water partition coefficient (Wildman–Crippen LogP) is 5.27. The van der Waals surface area contributed by atoms with Crippen LogP contribution in [0.5, 0.6) is 0 Å². The summed E-state index contributed by atoms with van der Waals surface area (Å²) in [6, 6.07) is 2.43. The monoisotopic (exact) mass is 460 g/mol. The average molecular weight is 461 g/mol. The first-order chi connectivity index (χ1) is 15.0. The Morgan fingerprint density at radius 1 is 0.969 bits per heavy atom. The number of amides is 3. The minimum absolute atomic E-state index is 0.0209. The van der Waals surface area contributed by atoms with Crippen LogP contribution in [0, 0.1) is 0 Å². The Morgan fingerprint density at radius 3 is 2.19 bits per heavy atom. The maximum atomic E-state index is 12.1. The van der Waals surface area contributed by atoms with Crippen LogP contribution < -0.4 is 5.32 Å². The topological polar surface area (TPSA) is 66.5 Å². The van der Waals surface area contributed by atoms with Gasteiger partial charge >= 0.3 is 0 Å². The van der Waals surface area contributed by atoms with Gasteiger partial charge in [-0.1, -0.05) is 48.0 Å². The van der Waals surface area contributed by atoms with Gasteiger partial charge in [-0.15, -0.1) is 11.3 Å². The highest BCUT2D eigenvalue weighted by molar-refractivity contribution is 7.12. The van der Waals surface area contributed by atoms with Crippen LogP contribution in [0.2, 0.25) is 0 Å². The van der Waals surface area contributed by atoms with E-state index >= 15 is 0 Å². The van der Waals surface area contributed by atoms with E-state index in [4.69, 9.17) is 0 Å². The van der Waals surface area contributed by atoms with Crippen molar-refractivity contribution in [1.29, 1.82) is 0 Å². The number of hydrogen-bond donors (Lipinski definition) is 1. The van der Waals surface area contributed by atoms with E-state index in [1.807, 2.05) is 11.3 Å². The van der Waals surface area contributed by atoms with Crippen LogP contribution in [0.15, 0.2) is 18.2 Å². The number of hydrogen-bond acceptors (Lipinski definition) is 4. The molecule has 1 aromatic rings. The van der Waals surface area contributed by atoms with Crippen LogP contribution in [0.25, 0.3) is 0 Å². The number of aryl methyl sites for hydroxylation is 1. The first kappa shape index (κ1) is 26.3. The first-order valence-corrected chi connectivity index (χ1v) is 12.8. The molecule has 0 aliphatic carbocycles. The Bertz CT molecular complexity index is 833. The smallest absolute Gasteiger partial charge is 0.253 e. The van der Waals surface area contributed by atoms with Crippen molar-refractivity contribution in [2.45, 2.75) is 97.3 Å². The Hall–Kier alpha value is -1.95. The maximum absolute atomic E-state index is 12.1. The van der Waals surface area contributed by atoms with Crippen LogP contribution in [0.4, 0.5) is 0 Å². The van der Waals surface area contributed by atoms with Crippen molar-refractivity contribution in [3.63, 3.8) is 0 Å². The molecule has 0 unspecified atom stereocenters. The van der Waals surface area contributed by atoms with Crippen molar-refractivity contribution in [2.24, 2.45) is 0 Å². The molecular weight excluding hydrogens is 420 g/mol. The van der Waals surface area contributed by atoms with Gasteiger partial charge in [-0.25, -0.2) is 0 Å². The fourth-order valence-corrected chi connectivity index (χ4v) is 5.23. The number of imide groups is 1. The molecule has 3 amide bonds. The Morgan fingerprint density at radius 2 is 1.59 bits per heavy atom. The number of thiophene rings is 1. The maximum Gasteiger partial charge on any atom is 0.253 e. The predicted molar refractivity (Wildman–Crippen MR) is 132 cm³/mol. The number of nitrogens with zero attached hydrogens (tertiary/aromatic N) is 1. The molecule has 1 aromatic heterocycles. The summed E-state index contributed by atoms with van der Waals surface area (Å²) in [6.07, 6.45) is 9.24. The molecule has 5 nitrogen and oxygen atoms in total. The zero-order valence-corrected chi connectivity index (χ0v) is 21.5. The van der Waals surface area contributed by atoms with Crippen molar-refractivity contribution in [3.05, 3.63) is 33.5 Å². The molecule has 0 aromatic carbocycles. The number of rotatable bonds is 13. The third-order valence-corrected chi connectivity index (χ3v) is 8.68. The van der Waals surface area contributed by atoms with Gasteiger partial charge in [0.1, 0.15) is 0 Å². The number of carbonyl (C=O) groups excluding carboxylic acids is 3. The van der Waals surface area contributed by atoms with Gasteiger partial charge in [0.2, 0.25) is 5.91 Å². The standard InChI is InChI=1S/C26H40N2O3S/c1-7-25(3,4)20-18-19(24(32-20)26(5,6)8-2)12-10-9-11-13-21(29)27-16-17-28-22(30)14-15-23(28)31/h14-15,18H,7-13,16-17H2,1-6H3,(H,27,29). The third kappa shape index (κ3) is 6.77. The Kier molecular flexibility index (Phi) is 9.26.